The highest BCUT2D eigenvalue weighted by Gasteiger charge is 2.21. The SMILES string of the molecule is O=C(NCCc1coc(-c2ccc(F)cc2)n1)Nc1cc(F)c(N2CCCC2)c(F)c1. The molecule has 162 valence electrons. The van der Waals surface area contributed by atoms with Crippen molar-refractivity contribution in [1.82, 2.24) is 10.3 Å². The molecule has 1 fully saturated rings. The molecule has 0 saturated carbocycles. The molecular weight excluding hydrogens is 409 g/mol. The maximum absolute atomic E-state index is 14.4. The maximum atomic E-state index is 14.4. The first kappa shape index (κ1) is 20.8. The Labute approximate surface area is 177 Å². The monoisotopic (exact) mass is 430 g/mol. The number of nitrogens with zero attached hydrogens (tertiary/aromatic N) is 2. The Balaban J connectivity index is 1.29. The van der Waals surface area contributed by atoms with Gasteiger partial charge in [-0.15, -0.1) is 0 Å². The Hall–Kier alpha value is -3.49. The third-order valence-electron chi connectivity index (χ3n) is 5.01. The Bertz CT molecular complexity index is 1040. The van der Waals surface area contributed by atoms with Crippen LogP contribution < -0.4 is 15.5 Å². The van der Waals surface area contributed by atoms with Gasteiger partial charge in [-0.25, -0.2) is 22.9 Å². The van der Waals surface area contributed by atoms with Crippen LogP contribution in [-0.2, 0) is 6.42 Å². The number of benzene rings is 2. The van der Waals surface area contributed by atoms with Crippen LogP contribution in [0.2, 0.25) is 0 Å². The van der Waals surface area contributed by atoms with Crippen LogP contribution in [0.15, 0.2) is 47.1 Å². The average Bonchev–Trinajstić information content (AvgIpc) is 3.41. The van der Waals surface area contributed by atoms with Crippen LogP contribution in [-0.4, -0.2) is 30.6 Å². The van der Waals surface area contributed by atoms with E-state index in [0.29, 0.717) is 36.7 Å². The van der Waals surface area contributed by atoms with Crippen LogP contribution in [0.1, 0.15) is 18.5 Å². The lowest BCUT2D eigenvalue weighted by molar-refractivity contribution is 0.252. The third-order valence-corrected chi connectivity index (χ3v) is 5.01. The Morgan fingerprint density at radius 1 is 1.06 bits per heavy atom. The van der Waals surface area contributed by atoms with E-state index in [4.69, 9.17) is 4.42 Å². The number of hydrogen-bond donors (Lipinski definition) is 2. The standard InChI is InChI=1S/C22H21F3N4O2/c23-15-5-3-14(4-6-15)21-27-16(13-31-21)7-8-26-22(30)28-17-11-18(24)20(19(25)12-17)29-9-1-2-10-29/h3-6,11-13H,1-2,7-10H2,(H2,26,28,30). The number of amides is 2. The van der Waals surface area contributed by atoms with Crippen LogP contribution in [0, 0.1) is 17.5 Å². The number of oxazole rings is 1. The van der Waals surface area contributed by atoms with Crippen LogP contribution in [0.3, 0.4) is 0 Å². The van der Waals surface area contributed by atoms with E-state index in [0.717, 1.165) is 25.0 Å². The Morgan fingerprint density at radius 3 is 2.42 bits per heavy atom. The van der Waals surface area contributed by atoms with Gasteiger partial charge in [0.1, 0.15) is 17.8 Å². The number of hydrogen-bond acceptors (Lipinski definition) is 4. The van der Waals surface area contributed by atoms with E-state index in [1.807, 2.05) is 0 Å². The summed E-state index contributed by atoms with van der Waals surface area (Å²) in [5.74, 6) is -1.40. The first-order chi connectivity index (χ1) is 15.0. The molecule has 0 atom stereocenters. The van der Waals surface area contributed by atoms with Crippen LogP contribution in [0.4, 0.5) is 29.3 Å². The van der Waals surface area contributed by atoms with Crippen LogP contribution in [0.5, 0.6) is 0 Å². The van der Waals surface area contributed by atoms with Gasteiger partial charge in [0, 0.05) is 37.3 Å². The zero-order valence-corrected chi connectivity index (χ0v) is 16.6. The quantitative estimate of drug-likeness (QED) is 0.594. The van der Waals surface area contributed by atoms with Crippen molar-refractivity contribution in [1.29, 1.82) is 0 Å². The lowest BCUT2D eigenvalue weighted by atomic mass is 10.2. The zero-order chi connectivity index (χ0) is 21.8. The van der Waals surface area contributed by atoms with Crippen molar-refractivity contribution in [2.75, 3.05) is 29.9 Å². The lowest BCUT2D eigenvalue weighted by Gasteiger charge is -2.19. The Morgan fingerprint density at radius 2 is 1.74 bits per heavy atom. The molecule has 1 aromatic heterocycles. The minimum atomic E-state index is -0.701. The molecule has 6 nitrogen and oxygen atoms in total. The van der Waals surface area contributed by atoms with Crippen LogP contribution >= 0.6 is 0 Å². The molecule has 3 aromatic rings. The van der Waals surface area contributed by atoms with Crippen molar-refractivity contribution in [3.8, 4) is 11.5 Å². The highest BCUT2D eigenvalue weighted by atomic mass is 19.1. The number of urea groups is 1. The average molecular weight is 430 g/mol. The molecule has 0 aliphatic carbocycles. The molecule has 1 saturated heterocycles. The predicted octanol–water partition coefficient (Wildman–Crippen LogP) is 4.72. The molecule has 2 heterocycles. The molecule has 2 amide bonds. The highest BCUT2D eigenvalue weighted by Crippen LogP contribution is 2.29. The van der Waals surface area contributed by atoms with E-state index >= 15 is 0 Å². The smallest absolute Gasteiger partial charge is 0.319 e. The van der Waals surface area contributed by atoms with Crippen molar-refractivity contribution in [2.24, 2.45) is 0 Å². The summed E-state index contributed by atoms with van der Waals surface area (Å²) in [6.45, 7) is 1.47. The summed E-state index contributed by atoms with van der Waals surface area (Å²) in [5.41, 5.74) is 1.23. The molecule has 0 unspecified atom stereocenters. The maximum Gasteiger partial charge on any atom is 0.319 e. The number of carbonyl (C=O) groups is 1. The summed E-state index contributed by atoms with van der Waals surface area (Å²) in [6, 6.07) is 7.39. The van der Waals surface area contributed by atoms with E-state index in [-0.39, 0.29) is 23.7 Å². The van der Waals surface area contributed by atoms with Gasteiger partial charge >= 0.3 is 6.03 Å². The second-order valence-electron chi connectivity index (χ2n) is 7.26. The van der Waals surface area contributed by atoms with Gasteiger partial charge in [0.2, 0.25) is 5.89 Å². The van der Waals surface area contributed by atoms with Gasteiger partial charge < -0.3 is 20.0 Å². The van der Waals surface area contributed by atoms with Gasteiger partial charge in [-0.1, -0.05) is 0 Å². The number of anilines is 2. The molecule has 9 heteroatoms. The van der Waals surface area contributed by atoms with Gasteiger partial charge in [-0.2, -0.15) is 0 Å². The van der Waals surface area contributed by atoms with Gasteiger partial charge in [0.25, 0.3) is 0 Å². The van der Waals surface area contributed by atoms with E-state index in [1.54, 1.807) is 17.0 Å². The third kappa shape index (κ3) is 4.99. The van der Waals surface area contributed by atoms with Crippen molar-refractivity contribution in [2.45, 2.75) is 19.3 Å². The van der Waals surface area contributed by atoms with Gasteiger partial charge in [0.05, 0.1) is 5.69 Å². The lowest BCUT2D eigenvalue weighted by Crippen LogP contribution is -2.30. The first-order valence-corrected chi connectivity index (χ1v) is 9.99. The summed E-state index contributed by atoms with van der Waals surface area (Å²) in [4.78, 5) is 18.0. The Kier molecular flexibility index (Phi) is 6.11. The fourth-order valence-electron chi connectivity index (χ4n) is 3.51. The summed E-state index contributed by atoms with van der Waals surface area (Å²) in [6.07, 6.45) is 3.64. The van der Waals surface area contributed by atoms with Crippen molar-refractivity contribution < 1.29 is 22.4 Å². The number of aromatic nitrogens is 1. The number of carbonyl (C=O) groups excluding carboxylic acids is 1. The molecule has 2 aromatic carbocycles. The topological polar surface area (TPSA) is 70.4 Å². The van der Waals surface area contributed by atoms with E-state index in [2.05, 4.69) is 15.6 Å². The summed E-state index contributed by atoms with van der Waals surface area (Å²) >= 11 is 0. The van der Waals surface area contributed by atoms with E-state index < -0.39 is 17.7 Å². The van der Waals surface area contributed by atoms with Crippen molar-refractivity contribution in [3.63, 3.8) is 0 Å². The molecule has 0 bridgehead atoms. The molecule has 2 N–H and O–H groups in total. The minimum Gasteiger partial charge on any atom is -0.444 e. The predicted molar refractivity (Wildman–Crippen MR) is 110 cm³/mol. The van der Waals surface area contributed by atoms with Crippen LogP contribution in [0.25, 0.3) is 11.5 Å². The number of nitrogens with one attached hydrogen (secondary N) is 2. The number of rotatable bonds is 6. The van der Waals surface area contributed by atoms with Crippen molar-refractivity contribution in [3.05, 3.63) is 65.8 Å². The summed E-state index contributed by atoms with van der Waals surface area (Å²) < 4.78 is 47.1. The highest BCUT2D eigenvalue weighted by molar-refractivity contribution is 5.89. The summed E-state index contributed by atoms with van der Waals surface area (Å²) in [5, 5.41) is 5.04. The van der Waals surface area contributed by atoms with Gasteiger partial charge in [0.15, 0.2) is 11.6 Å². The molecule has 0 spiro atoms. The molecule has 1 aliphatic heterocycles. The fraction of sp³-hybridized carbons (Fsp3) is 0.273. The van der Waals surface area contributed by atoms with E-state index in [9.17, 15) is 18.0 Å². The van der Waals surface area contributed by atoms with Gasteiger partial charge in [-0.3, -0.25) is 0 Å². The fourth-order valence-corrected chi connectivity index (χ4v) is 3.51. The number of halogens is 3. The second-order valence-corrected chi connectivity index (χ2v) is 7.26. The molecule has 31 heavy (non-hydrogen) atoms. The molecular formula is C22H21F3N4O2. The normalized spacial score (nSPS) is 13.5. The van der Waals surface area contributed by atoms with Gasteiger partial charge in [-0.05, 0) is 49.2 Å². The summed E-state index contributed by atoms with van der Waals surface area (Å²) in [7, 11) is 0. The molecule has 1 aliphatic rings. The molecule has 4 rings (SSSR count). The largest absolute Gasteiger partial charge is 0.444 e. The first-order valence-electron chi connectivity index (χ1n) is 9.99. The minimum absolute atomic E-state index is 0.0375. The zero-order valence-electron chi connectivity index (χ0n) is 16.6. The van der Waals surface area contributed by atoms with Crippen molar-refractivity contribution >= 4 is 17.4 Å². The molecule has 0 radical (unpaired) electrons. The van der Waals surface area contributed by atoms with E-state index in [1.165, 1.54) is 18.4 Å². The second kappa shape index (κ2) is 9.11.